The van der Waals surface area contributed by atoms with E-state index in [1.165, 1.54) is 32.1 Å². The minimum atomic E-state index is -0.371. The first-order valence-corrected chi connectivity index (χ1v) is 6.47. The van der Waals surface area contributed by atoms with Crippen LogP contribution in [-0.4, -0.2) is 29.2 Å². The van der Waals surface area contributed by atoms with E-state index < -0.39 is 0 Å². The first-order valence-electron chi connectivity index (χ1n) is 6.47. The van der Waals surface area contributed by atoms with Crippen molar-refractivity contribution >= 4 is 6.09 Å². The van der Waals surface area contributed by atoms with Gasteiger partial charge in [-0.15, -0.1) is 0 Å². The fourth-order valence-electron chi connectivity index (χ4n) is 2.95. The maximum absolute atomic E-state index is 12.0. The van der Waals surface area contributed by atoms with E-state index in [-0.39, 0.29) is 11.7 Å². The van der Waals surface area contributed by atoms with E-state index in [0.717, 1.165) is 12.5 Å². The topological polar surface area (TPSA) is 29.5 Å². The van der Waals surface area contributed by atoms with Crippen molar-refractivity contribution in [2.75, 3.05) is 6.54 Å². The molecule has 0 aromatic carbocycles. The van der Waals surface area contributed by atoms with Gasteiger partial charge in [0.05, 0.1) is 0 Å². The average Bonchev–Trinajstić information content (AvgIpc) is 2.58. The van der Waals surface area contributed by atoms with Gasteiger partial charge in [-0.05, 0) is 46.0 Å². The van der Waals surface area contributed by atoms with Crippen molar-refractivity contribution in [3.63, 3.8) is 0 Å². The van der Waals surface area contributed by atoms with Crippen LogP contribution in [0.1, 0.15) is 52.9 Å². The molecule has 3 heteroatoms. The smallest absolute Gasteiger partial charge is 0.410 e. The minimum absolute atomic E-state index is 0.109. The van der Waals surface area contributed by atoms with Crippen LogP contribution in [-0.2, 0) is 4.74 Å². The largest absolute Gasteiger partial charge is 0.444 e. The van der Waals surface area contributed by atoms with Crippen LogP contribution in [0.25, 0.3) is 0 Å². The third-order valence-corrected chi connectivity index (χ3v) is 3.64. The van der Waals surface area contributed by atoms with E-state index in [1.54, 1.807) is 0 Å². The predicted molar refractivity (Wildman–Crippen MR) is 63.3 cm³/mol. The van der Waals surface area contributed by atoms with Gasteiger partial charge < -0.3 is 9.64 Å². The SMILES string of the molecule is CC(C)(C)OC(=O)N1CCC2CCCCC21. The molecule has 2 rings (SSSR count). The highest BCUT2D eigenvalue weighted by Crippen LogP contribution is 2.36. The normalized spacial score (nSPS) is 30.1. The van der Waals surface area contributed by atoms with E-state index in [0.29, 0.717) is 6.04 Å². The van der Waals surface area contributed by atoms with Crippen LogP contribution in [0.3, 0.4) is 0 Å². The molecule has 2 unspecified atom stereocenters. The van der Waals surface area contributed by atoms with E-state index in [4.69, 9.17) is 4.74 Å². The molecule has 1 saturated carbocycles. The molecule has 3 nitrogen and oxygen atoms in total. The Morgan fingerprint density at radius 3 is 2.56 bits per heavy atom. The molecule has 1 aliphatic heterocycles. The van der Waals surface area contributed by atoms with Gasteiger partial charge in [-0.25, -0.2) is 4.79 Å². The highest BCUT2D eigenvalue weighted by molar-refractivity contribution is 5.69. The number of nitrogens with zero attached hydrogens (tertiary/aromatic N) is 1. The second-order valence-electron chi connectivity index (χ2n) is 6.07. The summed E-state index contributed by atoms with van der Waals surface area (Å²) < 4.78 is 5.46. The third kappa shape index (κ3) is 2.50. The van der Waals surface area contributed by atoms with Crippen LogP contribution in [0, 0.1) is 5.92 Å². The maximum atomic E-state index is 12.0. The zero-order valence-electron chi connectivity index (χ0n) is 10.7. The fourth-order valence-corrected chi connectivity index (χ4v) is 2.95. The molecule has 2 fully saturated rings. The van der Waals surface area contributed by atoms with Gasteiger partial charge in [-0.3, -0.25) is 0 Å². The van der Waals surface area contributed by atoms with Crippen LogP contribution in [0.5, 0.6) is 0 Å². The van der Waals surface area contributed by atoms with Crippen LogP contribution in [0.4, 0.5) is 4.79 Å². The molecule has 1 amide bonds. The van der Waals surface area contributed by atoms with E-state index in [1.807, 2.05) is 25.7 Å². The van der Waals surface area contributed by atoms with Gasteiger partial charge in [0.2, 0.25) is 0 Å². The monoisotopic (exact) mass is 225 g/mol. The molecule has 2 aliphatic rings. The molecule has 0 aromatic heterocycles. The maximum Gasteiger partial charge on any atom is 0.410 e. The van der Waals surface area contributed by atoms with Gasteiger partial charge in [-0.1, -0.05) is 12.8 Å². The van der Waals surface area contributed by atoms with Gasteiger partial charge in [0.25, 0.3) is 0 Å². The molecule has 0 N–H and O–H groups in total. The molecule has 0 spiro atoms. The van der Waals surface area contributed by atoms with Gasteiger partial charge in [0.15, 0.2) is 0 Å². The highest BCUT2D eigenvalue weighted by atomic mass is 16.6. The molecule has 16 heavy (non-hydrogen) atoms. The highest BCUT2D eigenvalue weighted by Gasteiger charge is 2.39. The van der Waals surface area contributed by atoms with Crippen molar-refractivity contribution in [3.8, 4) is 0 Å². The van der Waals surface area contributed by atoms with Crippen LogP contribution in [0.15, 0.2) is 0 Å². The van der Waals surface area contributed by atoms with Crippen molar-refractivity contribution in [2.24, 2.45) is 5.92 Å². The summed E-state index contributed by atoms with van der Waals surface area (Å²) in [4.78, 5) is 14.0. The molecule has 0 bridgehead atoms. The van der Waals surface area contributed by atoms with E-state index in [9.17, 15) is 4.79 Å². The lowest BCUT2D eigenvalue weighted by molar-refractivity contribution is 0.0182. The predicted octanol–water partition coefficient (Wildman–Crippen LogP) is 3.19. The van der Waals surface area contributed by atoms with E-state index >= 15 is 0 Å². The van der Waals surface area contributed by atoms with Crippen molar-refractivity contribution in [2.45, 2.75) is 64.5 Å². The number of ether oxygens (including phenoxy) is 1. The Morgan fingerprint density at radius 2 is 1.88 bits per heavy atom. The summed E-state index contributed by atoms with van der Waals surface area (Å²) in [5, 5.41) is 0. The Bertz CT molecular complexity index is 270. The lowest BCUT2D eigenvalue weighted by Crippen LogP contribution is -2.42. The summed E-state index contributed by atoms with van der Waals surface area (Å²) in [7, 11) is 0. The molecule has 1 saturated heterocycles. The second kappa shape index (κ2) is 4.27. The third-order valence-electron chi connectivity index (χ3n) is 3.64. The quantitative estimate of drug-likeness (QED) is 0.633. The molecule has 2 atom stereocenters. The molecule has 1 heterocycles. The van der Waals surface area contributed by atoms with Crippen LogP contribution in [0.2, 0.25) is 0 Å². The Morgan fingerprint density at radius 1 is 1.19 bits per heavy atom. The molecule has 92 valence electrons. The van der Waals surface area contributed by atoms with Crippen LogP contribution < -0.4 is 0 Å². The van der Waals surface area contributed by atoms with E-state index in [2.05, 4.69) is 0 Å². The number of amides is 1. The Kier molecular flexibility index (Phi) is 3.13. The molecular formula is C13H23NO2. The van der Waals surface area contributed by atoms with Gasteiger partial charge in [0.1, 0.15) is 5.60 Å². The number of fused-ring (bicyclic) bond motifs is 1. The van der Waals surface area contributed by atoms with Crippen molar-refractivity contribution in [1.82, 2.24) is 4.90 Å². The second-order valence-corrected chi connectivity index (χ2v) is 6.07. The summed E-state index contributed by atoms with van der Waals surface area (Å²) >= 11 is 0. The summed E-state index contributed by atoms with van der Waals surface area (Å²) in [5.74, 6) is 0.737. The van der Waals surface area contributed by atoms with Crippen molar-refractivity contribution in [3.05, 3.63) is 0 Å². The summed E-state index contributed by atoms with van der Waals surface area (Å²) in [6, 6.07) is 0.462. The number of likely N-dealkylation sites (tertiary alicyclic amines) is 1. The molecule has 0 aromatic rings. The van der Waals surface area contributed by atoms with Crippen LogP contribution >= 0.6 is 0 Å². The minimum Gasteiger partial charge on any atom is -0.444 e. The lowest BCUT2D eigenvalue weighted by Gasteiger charge is -2.33. The first-order chi connectivity index (χ1) is 7.47. The Hall–Kier alpha value is -0.730. The van der Waals surface area contributed by atoms with Crippen molar-refractivity contribution in [1.29, 1.82) is 0 Å². The summed E-state index contributed by atoms with van der Waals surface area (Å²) in [6.07, 6.45) is 6.13. The summed E-state index contributed by atoms with van der Waals surface area (Å²) in [5.41, 5.74) is -0.371. The number of rotatable bonds is 0. The van der Waals surface area contributed by atoms with Gasteiger partial charge in [0, 0.05) is 12.6 Å². The average molecular weight is 225 g/mol. The zero-order valence-corrected chi connectivity index (χ0v) is 10.7. The lowest BCUT2D eigenvalue weighted by atomic mass is 9.85. The molecule has 1 aliphatic carbocycles. The fraction of sp³-hybridized carbons (Fsp3) is 0.923. The van der Waals surface area contributed by atoms with Gasteiger partial charge in [-0.2, -0.15) is 0 Å². The standard InChI is InChI=1S/C13H23NO2/c1-13(2,3)16-12(15)14-9-8-10-6-4-5-7-11(10)14/h10-11H,4-9H2,1-3H3. The number of carbonyl (C=O) groups excluding carboxylic acids is 1. The zero-order chi connectivity index (χ0) is 11.8. The number of carbonyl (C=O) groups is 1. The Balaban J connectivity index is 1.97. The van der Waals surface area contributed by atoms with Gasteiger partial charge >= 0.3 is 6.09 Å². The Labute approximate surface area is 98.1 Å². The summed E-state index contributed by atoms with van der Waals surface area (Å²) in [6.45, 7) is 6.68. The number of hydrogen-bond acceptors (Lipinski definition) is 2. The molecule has 0 radical (unpaired) electrons. The molecular weight excluding hydrogens is 202 g/mol. The first kappa shape index (κ1) is 11.7. The van der Waals surface area contributed by atoms with Crippen molar-refractivity contribution < 1.29 is 9.53 Å². The number of hydrogen-bond donors (Lipinski definition) is 0.